The van der Waals surface area contributed by atoms with Crippen LogP contribution >= 0.6 is 0 Å². The Hall–Kier alpha value is -5.02. The molecule has 2 aromatic carbocycles. The summed E-state index contributed by atoms with van der Waals surface area (Å²) in [5, 5.41) is 38.8. The smallest absolute Gasteiger partial charge is 0.377 e. The minimum absolute atomic E-state index is 0.0280. The van der Waals surface area contributed by atoms with Crippen LogP contribution in [0.3, 0.4) is 0 Å². The molecule has 0 saturated carbocycles. The first kappa shape index (κ1) is 58.0. The number of rotatable bonds is 26. The van der Waals surface area contributed by atoms with Crippen molar-refractivity contribution in [2.45, 2.75) is 174 Å². The highest BCUT2D eigenvalue weighted by atomic mass is 16.6. The van der Waals surface area contributed by atoms with Crippen molar-refractivity contribution < 1.29 is 49.1 Å². The largest absolute Gasteiger partial charge is 0.511 e. The summed E-state index contributed by atoms with van der Waals surface area (Å²) in [6.07, 6.45) is 17.3. The number of benzene rings is 2. The number of aromatic amines is 1. The van der Waals surface area contributed by atoms with Crippen molar-refractivity contribution in [1.82, 2.24) is 4.98 Å². The van der Waals surface area contributed by atoms with Gasteiger partial charge < -0.3 is 52.1 Å². The molecule has 364 valence electrons. The van der Waals surface area contributed by atoms with E-state index in [4.69, 9.17) is 27.0 Å². The predicted molar refractivity (Wildman–Crippen MR) is 258 cm³/mol. The van der Waals surface area contributed by atoms with Gasteiger partial charge in [0.15, 0.2) is 11.9 Å². The maximum absolute atomic E-state index is 11.7. The molecule has 0 saturated heterocycles. The molecule has 0 bridgehead atoms. The normalized spacial score (nSPS) is 15.0. The average molecular weight is 909 g/mol. The predicted octanol–water partition coefficient (Wildman–Crippen LogP) is 8.83. The van der Waals surface area contributed by atoms with Crippen LogP contribution in [0, 0.1) is 5.92 Å². The van der Waals surface area contributed by atoms with Crippen LogP contribution in [0.5, 0.6) is 0 Å². The Morgan fingerprint density at radius 1 is 0.769 bits per heavy atom. The zero-order chi connectivity index (χ0) is 48.7. The first-order valence-electron chi connectivity index (χ1n) is 23.3. The van der Waals surface area contributed by atoms with Gasteiger partial charge in [0.05, 0.1) is 18.1 Å². The van der Waals surface area contributed by atoms with E-state index in [9.17, 15) is 34.5 Å². The Morgan fingerprint density at radius 2 is 1.29 bits per heavy atom. The summed E-state index contributed by atoms with van der Waals surface area (Å²) in [5.41, 5.74) is 20.1. The van der Waals surface area contributed by atoms with Crippen molar-refractivity contribution in [1.29, 1.82) is 0 Å². The van der Waals surface area contributed by atoms with Gasteiger partial charge in [-0.25, -0.2) is 4.79 Å². The number of esters is 2. The molecule has 0 radical (unpaired) electrons. The third kappa shape index (κ3) is 25.3. The Labute approximate surface area is 387 Å². The van der Waals surface area contributed by atoms with Crippen molar-refractivity contribution in [3.63, 3.8) is 0 Å². The number of nitrogens with one attached hydrogen (secondary N) is 1. The maximum atomic E-state index is 11.7. The molecule has 5 atom stereocenters. The summed E-state index contributed by atoms with van der Waals surface area (Å²) < 4.78 is 9.55. The van der Waals surface area contributed by atoms with E-state index in [1.807, 2.05) is 60.8 Å². The SMILES string of the molecule is C=C(O)C(N)Cc1c[nH]c2ccccc12.CC(=O)C(N)CC(C)C.CC(=O)C(N)Cc1ccccc1.CCCCCCCCCCCCCCCC(=O)OCC(O)C1OC(=O)C(O)=C1O. The zero-order valence-electron chi connectivity index (χ0n) is 39.6. The summed E-state index contributed by atoms with van der Waals surface area (Å²) >= 11 is 0. The molecule has 0 fully saturated rings. The quantitative estimate of drug-likeness (QED) is 0.0213. The molecule has 3 aromatic rings. The minimum atomic E-state index is -1.42. The summed E-state index contributed by atoms with van der Waals surface area (Å²) in [4.78, 5) is 47.3. The van der Waals surface area contributed by atoms with E-state index in [1.165, 1.54) is 78.1 Å². The van der Waals surface area contributed by atoms with Gasteiger partial charge in [-0.15, -0.1) is 0 Å². The van der Waals surface area contributed by atoms with Crippen LogP contribution in [0.4, 0.5) is 0 Å². The Balaban J connectivity index is 0.000000486. The number of ether oxygens (including phenoxy) is 2. The van der Waals surface area contributed by atoms with E-state index >= 15 is 0 Å². The molecule has 14 heteroatoms. The van der Waals surface area contributed by atoms with E-state index < -0.39 is 48.3 Å². The van der Waals surface area contributed by atoms with E-state index in [-0.39, 0.29) is 35.8 Å². The number of H-pyrrole nitrogens is 1. The van der Waals surface area contributed by atoms with Crippen molar-refractivity contribution in [2.24, 2.45) is 23.1 Å². The van der Waals surface area contributed by atoms with Gasteiger partial charge in [0.2, 0.25) is 5.76 Å². The van der Waals surface area contributed by atoms with E-state index in [1.54, 1.807) is 0 Å². The highest BCUT2D eigenvalue weighted by molar-refractivity contribution is 5.89. The molecule has 0 spiro atoms. The van der Waals surface area contributed by atoms with Crippen LogP contribution in [-0.2, 0) is 41.5 Å². The maximum Gasteiger partial charge on any atom is 0.377 e. The number of fused-ring (bicyclic) bond motifs is 1. The number of aliphatic hydroxyl groups excluding tert-OH is 4. The van der Waals surface area contributed by atoms with Gasteiger partial charge in [-0.05, 0) is 62.6 Å². The van der Waals surface area contributed by atoms with Crippen LogP contribution in [0.25, 0.3) is 10.9 Å². The van der Waals surface area contributed by atoms with Gasteiger partial charge >= 0.3 is 11.9 Å². The number of ketones is 2. The molecule has 1 aromatic heterocycles. The molecule has 2 heterocycles. The molecule has 14 nitrogen and oxygen atoms in total. The molecule has 1 aliphatic heterocycles. The number of hydrogen-bond donors (Lipinski definition) is 8. The van der Waals surface area contributed by atoms with E-state index in [0.29, 0.717) is 18.8 Å². The molecular formula is C51H80N4O10. The Morgan fingerprint density at radius 3 is 1.77 bits per heavy atom. The number of nitrogens with two attached hydrogens (primary N) is 3. The standard InChI is InChI=1S/C22H38O7.C12H14N2O.C10H13NO.C7H15NO/c1-2-3-4-5-6-7-8-9-10-11-12-13-14-15-18(24)28-16-17(23)21-19(25)20(26)22(27)29-21;1-8(15)11(13)6-9-7-14-12-5-3-2-4-10(9)12;1-8(12)10(11)7-9-5-3-2-4-6-9;1-5(2)4-7(8)6(3)9/h17,21,23,25-26H,2-16H2,1H3;2-5,7,11,14-15H,1,6,13H2;2-6,10H,7,11H2,1H3;5,7H,4,8H2,1-3H3. The summed E-state index contributed by atoms with van der Waals surface area (Å²) in [6.45, 7) is 12.4. The van der Waals surface area contributed by atoms with Crippen LogP contribution in [-0.4, -0.2) is 85.9 Å². The highest BCUT2D eigenvalue weighted by Gasteiger charge is 2.39. The number of aromatic nitrogens is 1. The fourth-order valence-electron chi connectivity index (χ4n) is 6.69. The summed E-state index contributed by atoms with van der Waals surface area (Å²) in [7, 11) is 0. The number of aliphatic hydroxyl groups is 4. The lowest BCUT2D eigenvalue weighted by Gasteiger charge is -2.17. The Kier molecular flexibility index (Phi) is 29.9. The average Bonchev–Trinajstić information content (AvgIpc) is 3.80. The molecular weight excluding hydrogens is 829 g/mol. The molecule has 4 rings (SSSR count). The third-order valence-electron chi connectivity index (χ3n) is 10.8. The van der Waals surface area contributed by atoms with Gasteiger partial charge in [-0.1, -0.05) is 153 Å². The van der Waals surface area contributed by atoms with Gasteiger partial charge in [0.1, 0.15) is 30.0 Å². The van der Waals surface area contributed by atoms with Crippen molar-refractivity contribution in [3.8, 4) is 0 Å². The van der Waals surface area contributed by atoms with E-state index in [2.05, 4.69) is 37.1 Å². The van der Waals surface area contributed by atoms with E-state index in [0.717, 1.165) is 47.7 Å². The van der Waals surface area contributed by atoms with Crippen molar-refractivity contribution >= 4 is 34.4 Å². The number of carbonyl (C=O) groups is 4. The second-order valence-electron chi connectivity index (χ2n) is 17.2. The lowest BCUT2D eigenvalue weighted by atomic mass is 10.0. The lowest BCUT2D eigenvalue weighted by molar-refractivity contribution is -0.154. The van der Waals surface area contributed by atoms with Crippen molar-refractivity contribution in [2.75, 3.05) is 6.61 Å². The molecule has 0 aliphatic carbocycles. The third-order valence-corrected chi connectivity index (χ3v) is 10.8. The number of carbonyl (C=O) groups excluding carboxylic acids is 4. The zero-order valence-corrected chi connectivity index (χ0v) is 39.6. The van der Waals surface area contributed by atoms with Crippen LogP contribution in [0.15, 0.2) is 84.7 Å². The molecule has 65 heavy (non-hydrogen) atoms. The number of unbranched alkanes of at least 4 members (excludes halogenated alkanes) is 12. The van der Waals surface area contributed by atoms with Gasteiger partial charge in [0.25, 0.3) is 0 Å². The topological polar surface area (TPSA) is 262 Å². The van der Waals surface area contributed by atoms with Gasteiger partial charge in [-0.3, -0.25) is 14.4 Å². The second-order valence-corrected chi connectivity index (χ2v) is 17.2. The number of Topliss-reactive ketones (excluding diaryl/α,β-unsaturated/α-hetero) is 2. The summed E-state index contributed by atoms with van der Waals surface area (Å²) in [6, 6.07) is 16.8. The lowest BCUT2D eigenvalue weighted by Crippen LogP contribution is -2.33. The molecule has 1 aliphatic rings. The summed E-state index contributed by atoms with van der Waals surface area (Å²) in [5.74, 6) is -2.54. The minimum Gasteiger partial charge on any atom is -0.511 e. The fourth-order valence-corrected chi connectivity index (χ4v) is 6.69. The van der Waals surface area contributed by atoms with Gasteiger partial charge in [0, 0.05) is 23.5 Å². The molecule has 5 unspecified atom stereocenters. The Bertz CT molecular complexity index is 1860. The molecule has 11 N–H and O–H groups in total. The van der Waals surface area contributed by atoms with Crippen LogP contribution in [0.1, 0.15) is 142 Å². The van der Waals surface area contributed by atoms with Crippen LogP contribution in [0.2, 0.25) is 0 Å². The number of cyclic esters (lactones) is 1. The first-order valence-corrected chi connectivity index (χ1v) is 23.3. The number of para-hydroxylation sites is 1. The second kappa shape index (κ2) is 33.5. The van der Waals surface area contributed by atoms with Crippen LogP contribution < -0.4 is 17.2 Å². The first-order chi connectivity index (χ1) is 30.9. The van der Waals surface area contributed by atoms with Crippen molar-refractivity contribution in [3.05, 3.63) is 95.8 Å². The highest BCUT2D eigenvalue weighted by Crippen LogP contribution is 2.22. The number of hydrogen-bond acceptors (Lipinski definition) is 13. The molecule has 0 amide bonds. The monoisotopic (exact) mass is 909 g/mol. The van der Waals surface area contributed by atoms with Gasteiger partial charge in [-0.2, -0.15) is 0 Å². The fraction of sp³-hybridized carbons (Fsp3) is 0.569.